The minimum absolute atomic E-state index is 0.0111. The number of aliphatic imine (C=N–C) groups is 3. The normalized spacial score (nSPS) is 24.8. The first kappa shape index (κ1) is 91.2. The van der Waals surface area contributed by atoms with Crippen LogP contribution in [-0.4, -0.2) is 185 Å². The maximum atomic E-state index is 15.1. The molecule has 122 heavy (non-hydrogen) atoms. The van der Waals surface area contributed by atoms with E-state index in [0.29, 0.717) is 73.7 Å². The molecule has 1 fully saturated rings. The Hall–Kier alpha value is -11.6. The molecule has 652 valence electrons. The first-order chi connectivity index (χ1) is 57.9. The molecule has 30 nitrogen and oxygen atoms in total. The topological polar surface area (TPSA) is 394 Å². The molecule has 1 saturated heterocycles. The number of carboxylic acids is 1. The van der Waals surface area contributed by atoms with Gasteiger partial charge in [-0.3, -0.25) is 58.1 Å². The van der Waals surface area contributed by atoms with Crippen molar-refractivity contribution in [1.82, 2.24) is 40.2 Å². The van der Waals surface area contributed by atoms with E-state index in [9.17, 15) is 43.5 Å². The van der Waals surface area contributed by atoms with E-state index in [1.807, 2.05) is 120 Å². The second kappa shape index (κ2) is 37.4. The van der Waals surface area contributed by atoms with Gasteiger partial charge >= 0.3 is 53.7 Å². The lowest BCUT2D eigenvalue weighted by atomic mass is 9.56. The molecule has 7 aliphatic rings. The van der Waals surface area contributed by atoms with Gasteiger partial charge in [0.25, 0.3) is 0 Å². The summed E-state index contributed by atoms with van der Waals surface area (Å²) in [6, 6.07) is 7.00. The van der Waals surface area contributed by atoms with Crippen LogP contribution in [-0.2, 0) is 105 Å². The number of fused-ring (bicyclic) bond motifs is 14. The van der Waals surface area contributed by atoms with E-state index in [1.54, 1.807) is 12.3 Å². The number of nitrogens with zero attached hydrogens (tertiary/aromatic N) is 8. The molecule has 0 radical (unpaired) electrons. The third-order valence-electron chi connectivity index (χ3n) is 26.8. The highest BCUT2D eigenvalue weighted by Gasteiger charge is 2.67. The molecular formula is C92H115N11O19. The van der Waals surface area contributed by atoms with Crippen LogP contribution in [0.15, 0.2) is 99.0 Å². The number of hydrogen-bond donors (Lipinski definition) is 4. The lowest BCUT2D eigenvalue weighted by molar-refractivity contribution is -0.148. The number of nitrogens with one attached hydrogen (secondary N) is 3. The summed E-state index contributed by atoms with van der Waals surface area (Å²) < 4.78 is 51.4. The minimum atomic E-state index is -1.43. The number of hydrogen-bond acceptors (Lipinski definition) is 26. The zero-order valence-electron chi connectivity index (χ0n) is 73.4. The number of ether oxygens (including phenoxy) is 9. The van der Waals surface area contributed by atoms with E-state index in [4.69, 9.17) is 67.6 Å². The zero-order chi connectivity index (χ0) is 88.8. The smallest absolute Gasteiger partial charge is 0.307 e. The predicted octanol–water partition coefficient (Wildman–Crippen LogP) is 13.7. The molecule has 0 aliphatic carbocycles. The van der Waals surface area contributed by atoms with Gasteiger partial charge in [0, 0.05) is 146 Å². The number of carbonyl (C=O) groups excluding carboxylic acids is 8. The van der Waals surface area contributed by atoms with Crippen LogP contribution < -0.4 is 5.32 Å². The molecule has 4 aromatic heterocycles. The van der Waals surface area contributed by atoms with E-state index in [0.717, 1.165) is 66.8 Å². The first-order valence-electron chi connectivity index (χ1n) is 41.4. The fourth-order valence-corrected chi connectivity index (χ4v) is 19.3. The van der Waals surface area contributed by atoms with E-state index < -0.39 is 111 Å². The number of carboxylic acid groups (broad SMARTS) is 1. The summed E-state index contributed by atoms with van der Waals surface area (Å²) in [6.45, 7) is 31.8. The van der Waals surface area contributed by atoms with Gasteiger partial charge in [-0.1, -0.05) is 65.1 Å². The fraction of sp³-hybridized carbons (Fsp3) is 0.522. The Bertz CT molecular complexity index is 5370. The largest absolute Gasteiger partial charge is 0.481 e. The third kappa shape index (κ3) is 18.2. The van der Waals surface area contributed by atoms with E-state index >= 15 is 4.79 Å². The van der Waals surface area contributed by atoms with Crippen molar-refractivity contribution in [2.45, 2.75) is 204 Å². The standard InChI is InChI=1S/C92H115N11O19/c1-21-56-49(3)64-40-65-52(6)59(71(95-65)43-70-58(23-28-74(104)105)51(5)67(96-70)42-69-57(22-2)50(4)66(94-69)41-68(56)93-64)24-29-79(110)121-38-37-120-36-35-103-47-55(101-102-103)48-122-82(113)45-90(12)60(25-30-75(106)114-15)72-44-73-88(9,10)61(26-31-76(107)115-16)83(98-73)53(7)85-89(11,34-33-78(109)117-18)63(39-80(111)118-19)87(99-85)92(14)91(13,46-81(112)119-20)62(27-32-77(108)116-17)84(100-92)54(8)86(90)97-72/h21-22,40-44,47,60-63,87,93,96,99H,1-2,23-39,45-46,48H2,3-20H3,(H,104,105)/b64-40?,65-40?,66-41?,67-42?,68-41?,69-42?,70-43?,71-43?,73-44-,85-53-,86-54-/t60-,61-,62-,63+,87?,89-,90+,91+,92+/m1/s1. The van der Waals surface area contributed by atoms with Crippen molar-refractivity contribution in [1.29, 1.82) is 0 Å². The molecule has 4 aromatic rings. The van der Waals surface area contributed by atoms with Crippen molar-refractivity contribution >= 4 is 121 Å². The first-order valence-corrected chi connectivity index (χ1v) is 41.4. The summed E-state index contributed by atoms with van der Waals surface area (Å²) in [5, 5.41) is 22.4. The number of methoxy groups -OCH3 is 6. The molecule has 9 atom stereocenters. The Morgan fingerprint density at radius 1 is 0.557 bits per heavy atom. The molecule has 1 unspecified atom stereocenters. The molecule has 16 bridgehead atoms. The molecule has 0 spiro atoms. The number of aryl methyl sites for hydroxylation is 3. The summed E-state index contributed by atoms with van der Waals surface area (Å²) >= 11 is 0. The second-order valence-corrected chi connectivity index (χ2v) is 34.0. The van der Waals surface area contributed by atoms with Gasteiger partial charge in [0.1, 0.15) is 18.9 Å². The number of aromatic amines is 2. The summed E-state index contributed by atoms with van der Waals surface area (Å²) in [5.41, 5.74) is 11.5. The molecule has 30 heteroatoms. The summed E-state index contributed by atoms with van der Waals surface area (Å²) in [4.78, 5) is 157. The maximum Gasteiger partial charge on any atom is 0.307 e. The van der Waals surface area contributed by atoms with Gasteiger partial charge in [-0.05, 0) is 162 Å². The highest BCUT2D eigenvalue weighted by molar-refractivity contribution is 6.10. The number of carbonyl (C=O) groups is 9. The lowest BCUT2D eigenvalue weighted by Gasteiger charge is -2.48. The number of allylic oxidation sites excluding steroid dienone is 11. The Kier molecular flexibility index (Phi) is 28.0. The van der Waals surface area contributed by atoms with Gasteiger partial charge in [0.15, 0.2) is 0 Å². The molecule has 0 amide bonds. The molecule has 0 aromatic carbocycles. The molecule has 11 heterocycles. The monoisotopic (exact) mass is 1680 g/mol. The zero-order valence-corrected chi connectivity index (χ0v) is 73.4. The fourth-order valence-electron chi connectivity index (χ4n) is 19.3. The highest BCUT2D eigenvalue weighted by Crippen LogP contribution is 2.63. The van der Waals surface area contributed by atoms with Crippen molar-refractivity contribution in [3.8, 4) is 0 Å². The number of rotatable bonds is 34. The molecular weight excluding hydrogens is 1560 g/mol. The Morgan fingerprint density at radius 2 is 1.16 bits per heavy atom. The van der Waals surface area contributed by atoms with Gasteiger partial charge in [-0.25, -0.2) is 14.6 Å². The van der Waals surface area contributed by atoms with Crippen LogP contribution in [0.25, 0.3) is 50.4 Å². The van der Waals surface area contributed by atoms with Crippen LogP contribution in [0.5, 0.6) is 0 Å². The SMILES string of the molecule is C=CC1=C(C)c2cc3[nH]c(cc4nc(cc5[nH]c(cc1n2)c(C)c5CCC(=O)O)C(CCC(=O)OCCOCCn1cc(COC(=O)C[C@]2(C)/C5=C(\C)C6=N[C@@](C)(C7N/C(=C(/C)C8=N/C(=C\C(=N5)[C@H]2CCC(=O)OC)C(C)(C)[C@@H]8CCC(=O)OC)[C@](C)(CCC(=O)OC)[C@H]7CC(=O)OC)[C@@](C)(CC(=O)OC)[C@@H]6CCC(=O)OC)nn1)=C4C)c(C)c3C=C. The predicted molar refractivity (Wildman–Crippen MR) is 459 cm³/mol. The lowest BCUT2D eigenvalue weighted by Crippen LogP contribution is -2.58. The van der Waals surface area contributed by atoms with Crippen molar-refractivity contribution in [2.75, 3.05) is 62.5 Å². The van der Waals surface area contributed by atoms with Crippen LogP contribution >= 0.6 is 0 Å². The van der Waals surface area contributed by atoms with Gasteiger partial charge in [-0.2, -0.15) is 0 Å². The third-order valence-corrected chi connectivity index (χ3v) is 26.8. The Labute approximate surface area is 710 Å². The molecule has 4 N–H and O–H groups in total. The quantitative estimate of drug-likeness (QED) is 0.0192. The van der Waals surface area contributed by atoms with Gasteiger partial charge in [0.2, 0.25) is 0 Å². The Balaban J connectivity index is 0.852. The van der Waals surface area contributed by atoms with E-state index in [2.05, 4.69) is 38.8 Å². The van der Waals surface area contributed by atoms with Gasteiger partial charge in [0.05, 0.1) is 128 Å². The van der Waals surface area contributed by atoms with Gasteiger partial charge < -0.3 is 63.0 Å². The summed E-state index contributed by atoms with van der Waals surface area (Å²) in [6.07, 6.45) is 7.13. The number of esters is 8. The number of H-pyrrole nitrogens is 2. The van der Waals surface area contributed by atoms with Crippen LogP contribution in [0.1, 0.15) is 210 Å². The van der Waals surface area contributed by atoms with E-state index in [1.165, 1.54) is 47.3 Å². The van der Waals surface area contributed by atoms with Crippen molar-refractivity contribution in [2.24, 2.45) is 60.3 Å². The highest BCUT2D eigenvalue weighted by atomic mass is 16.6. The van der Waals surface area contributed by atoms with Crippen molar-refractivity contribution in [3.05, 3.63) is 135 Å². The van der Waals surface area contributed by atoms with Crippen molar-refractivity contribution < 1.29 is 90.9 Å². The number of aliphatic carboxylic acids is 1. The van der Waals surface area contributed by atoms with Crippen LogP contribution in [0.2, 0.25) is 0 Å². The molecule has 0 saturated carbocycles. The van der Waals surface area contributed by atoms with Crippen LogP contribution in [0, 0.1) is 59.2 Å². The Morgan fingerprint density at radius 3 is 1.80 bits per heavy atom. The minimum Gasteiger partial charge on any atom is -0.481 e. The van der Waals surface area contributed by atoms with E-state index in [-0.39, 0.29) is 129 Å². The molecule has 11 rings (SSSR count). The summed E-state index contributed by atoms with van der Waals surface area (Å²) in [5.74, 6) is -7.91. The van der Waals surface area contributed by atoms with Gasteiger partial charge in [-0.15, -0.1) is 5.10 Å². The average Bonchev–Trinajstić information content (AvgIpc) is 1.52. The molecule has 7 aliphatic heterocycles. The van der Waals surface area contributed by atoms with Crippen LogP contribution in [0.3, 0.4) is 0 Å². The van der Waals surface area contributed by atoms with Crippen molar-refractivity contribution in [3.63, 3.8) is 0 Å². The average molecular weight is 1680 g/mol. The summed E-state index contributed by atoms with van der Waals surface area (Å²) in [7, 11) is 7.81. The maximum absolute atomic E-state index is 15.1. The number of aromatic nitrogens is 7. The van der Waals surface area contributed by atoms with Crippen LogP contribution in [0.4, 0.5) is 0 Å². The second-order valence-electron chi connectivity index (χ2n) is 34.0.